The third-order valence-electron chi connectivity index (χ3n) is 4.74. The third-order valence-corrected chi connectivity index (χ3v) is 4.74. The lowest BCUT2D eigenvalue weighted by Crippen LogP contribution is -2.46. The molecule has 0 aromatic carbocycles. The van der Waals surface area contributed by atoms with Crippen LogP contribution in [-0.2, 0) is 4.79 Å². The van der Waals surface area contributed by atoms with Gasteiger partial charge in [0.25, 0.3) is 0 Å². The summed E-state index contributed by atoms with van der Waals surface area (Å²) in [5.74, 6) is 1.28. The maximum atomic E-state index is 12.5. The van der Waals surface area contributed by atoms with Crippen LogP contribution in [0.3, 0.4) is 0 Å². The first-order valence-electron chi connectivity index (χ1n) is 7.27. The Kier molecular flexibility index (Phi) is 4.62. The van der Waals surface area contributed by atoms with Gasteiger partial charge in [0, 0.05) is 31.7 Å². The number of likely N-dealkylation sites (tertiary alicyclic amines) is 1. The Morgan fingerprint density at radius 3 is 2.56 bits per heavy atom. The van der Waals surface area contributed by atoms with Crippen LogP contribution in [0, 0.1) is 17.8 Å². The van der Waals surface area contributed by atoms with Gasteiger partial charge in [0.05, 0.1) is 0 Å². The van der Waals surface area contributed by atoms with E-state index in [4.69, 9.17) is 10.8 Å². The van der Waals surface area contributed by atoms with Gasteiger partial charge in [0.1, 0.15) is 0 Å². The van der Waals surface area contributed by atoms with Crippen LogP contribution in [0.4, 0.5) is 0 Å². The molecule has 1 aliphatic heterocycles. The number of rotatable bonds is 2. The molecule has 1 saturated heterocycles. The molecular weight excluding hydrogens is 228 g/mol. The zero-order valence-electron chi connectivity index (χ0n) is 11.3. The topological polar surface area (TPSA) is 66.6 Å². The van der Waals surface area contributed by atoms with Gasteiger partial charge in [-0.2, -0.15) is 0 Å². The number of nitrogens with zero attached hydrogens (tertiary/aromatic N) is 1. The van der Waals surface area contributed by atoms with Gasteiger partial charge in [-0.15, -0.1) is 0 Å². The zero-order valence-corrected chi connectivity index (χ0v) is 11.3. The third kappa shape index (κ3) is 3.04. The van der Waals surface area contributed by atoms with Crippen molar-refractivity contribution in [2.24, 2.45) is 23.5 Å². The number of carbonyl (C=O) groups excluding carboxylic acids is 1. The highest BCUT2D eigenvalue weighted by Gasteiger charge is 2.35. The van der Waals surface area contributed by atoms with Crippen LogP contribution in [0.5, 0.6) is 0 Å². The van der Waals surface area contributed by atoms with E-state index in [2.05, 4.69) is 6.92 Å². The van der Waals surface area contributed by atoms with E-state index in [1.54, 1.807) is 0 Å². The lowest BCUT2D eigenvalue weighted by atomic mass is 9.77. The fraction of sp³-hybridized carbons (Fsp3) is 0.929. The molecule has 1 aliphatic carbocycles. The first-order valence-corrected chi connectivity index (χ1v) is 7.27. The molecule has 0 radical (unpaired) electrons. The number of piperidine rings is 1. The number of hydrogen-bond acceptors (Lipinski definition) is 3. The second kappa shape index (κ2) is 6.02. The van der Waals surface area contributed by atoms with E-state index in [0.717, 1.165) is 45.2 Å². The number of carbonyl (C=O) groups is 1. The molecular formula is C14H26N2O2. The highest BCUT2D eigenvalue weighted by Crippen LogP contribution is 2.31. The van der Waals surface area contributed by atoms with Crippen molar-refractivity contribution in [2.75, 3.05) is 19.7 Å². The van der Waals surface area contributed by atoms with Crippen molar-refractivity contribution in [2.45, 2.75) is 45.1 Å². The van der Waals surface area contributed by atoms with Crippen LogP contribution in [0.25, 0.3) is 0 Å². The smallest absolute Gasteiger partial charge is 0.226 e. The number of amides is 1. The molecule has 0 spiro atoms. The van der Waals surface area contributed by atoms with Crippen molar-refractivity contribution in [1.29, 1.82) is 0 Å². The van der Waals surface area contributed by atoms with Gasteiger partial charge in [-0.1, -0.05) is 6.92 Å². The molecule has 2 fully saturated rings. The lowest BCUT2D eigenvalue weighted by Gasteiger charge is -2.38. The molecule has 1 amide bonds. The minimum atomic E-state index is 0.124. The van der Waals surface area contributed by atoms with Crippen LogP contribution < -0.4 is 5.73 Å². The van der Waals surface area contributed by atoms with Crippen LogP contribution in [0.15, 0.2) is 0 Å². The van der Waals surface area contributed by atoms with Crippen molar-refractivity contribution >= 4 is 5.91 Å². The molecule has 0 aromatic heterocycles. The molecule has 0 aromatic rings. The average molecular weight is 254 g/mol. The second-order valence-corrected chi connectivity index (χ2v) is 6.11. The highest BCUT2D eigenvalue weighted by atomic mass is 16.3. The number of nitrogens with two attached hydrogens (primary N) is 1. The average Bonchev–Trinajstić information content (AvgIpc) is 2.41. The Hall–Kier alpha value is -0.610. The molecule has 3 N–H and O–H groups in total. The molecule has 104 valence electrons. The fourth-order valence-electron chi connectivity index (χ4n) is 3.27. The Balaban J connectivity index is 1.90. The van der Waals surface area contributed by atoms with Gasteiger partial charge in [-0.3, -0.25) is 4.79 Å². The number of aliphatic hydroxyl groups excluding tert-OH is 1. The zero-order chi connectivity index (χ0) is 13.1. The van der Waals surface area contributed by atoms with Gasteiger partial charge in [-0.05, 0) is 43.9 Å². The summed E-state index contributed by atoms with van der Waals surface area (Å²) in [5, 5.41) is 9.12. The molecule has 4 nitrogen and oxygen atoms in total. The van der Waals surface area contributed by atoms with Crippen LogP contribution in [-0.4, -0.2) is 41.7 Å². The summed E-state index contributed by atoms with van der Waals surface area (Å²) in [5.41, 5.74) is 5.99. The number of aliphatic hydroxyl groups is 1. The lowest BCUT2D eigenvalue weighted by molar-refractivity contribution is -0.140. The normalized spacial score (nSPS) is 34.6. The van der Waals surface area contributed by atoms with Gasteiger partial charge >= 0.3 is 0 Å². The highest BCUT2D eigenvalue weighted by molar-refractivity contribution is 5.79. The Morgan fingerprint density at radius 1 is 1.28 bits per heavy atom. The largest absolute Gasteiger partial charge is 0.396 e. The molecule has 2 rings (SSSR count). The second-order valence-electron chi connectivity index (χ2n) is 6.11. The van der Waals surface area contributed by atoms with Crippen LogP contribution in [0.2, 0.25) is 0 Å². The van der Waals surface area contributed by atoms with Crippen molar-refractivity contribution < 1.29 is 9.90 Å². The van der Waals surface area contributed by atoms with Crippen LogP contribution >= 0.6 is 0 Å². The van der Waals surface area contributed by atoms with Gasteiger partial charge < -0.3 is 15.7 Å². The maximum absolute atomic E-state index is 12.5. The van der Waals surface area contributed by atoms with E-state index >= 15 is 0 Å². The summed E-state index contributed by atoms with van der Waals surface area (Å²) < 4.78 is 0. The summed E-state index contributed by atoms with van der Waals surface area (Å²) in [6.07, 6.45) is 4.85. The molecule has 3 unspecified atom stereocenters. The molecule has 4 heteroatoms. The molecule has 1 heterocycles. The van der Waals surface area contributed by atoms with E-state index in [1.165, 1.54) is 0 Å². The fourth-order valence-corrected chi connectivity index (χ4v) is 3.27. The SMILES string of the molecule is CC1CCC(N)CC1C(=O)N1CCC(CO)CC1. The molecule has 18 heavy (non-hydrogen) atoms. The van der Waals surface area contributed by atoms with Crippen molar-refractivity contribution in [3.63, 3.8) is 0 Å². The van der Waals surface area contributed by atoms with E-state index in [0.29, 0.717) is 17.7 Å². The molecule has 1 saturated carbocycles. The Labute approximate surface area is 110 Å². The van der Waals surface area contributed by atoms with E-state index in [-0.39, 0.29) is 18.6 Å². The minimum Gasteiger partial charge on any atom is -0.396 e. The standard InChI is InChI=1S/C14H26N2O2/c1-10-2-3-12(15)8-13(10)14(18)16-6-4-11(9-17)5-7-16/h10-13,17H,2-9,15H2,1H3. The van der Waals surface area contributed by atoms with Crippen molar-refractivity contribution in [1.82, 2.24) is 4.90 Å². The van der Waals surface area contributed by atoms with E-state index in [9.17, 15) is 4.79 Å². The molecule has 0 bridgehead atoms. The monoisotopic (exact) mass is 254 g/mol. The van der Waals surface area contributed by atoms with Crippen molar-refractivity contribution in [3.8, 4) is 0 Å². The quantitative estimate of drug-likeness (QED) is 0.772. The molecule has 3 atom stereocenters. The van der Waals surface area contributed by atoms with E-state index in [1.807, 2.05) is 4.90 Å². The van der Waals surface area contributed by atoms with Crippen molar-refractivity contribution in [3.05, 3.63) is 0 Å². The first kappa shape index (κ1) is 13.8. The predicted octanol–water partition coefficient (Wildman–Crippen LogP) is 0.981. The summed E-state index contributed by atoms with van der Waals surface area (Å²) in [4.78, 5) is 14.5. The Morgan fingerprint density at radius 2 is 1.94 bits per heavy atom. The maximum Gasteiger partial charge on any atom is 0.226 e. The minimum absolute atomic E-state index is 0.124. The van der Waals surface area contributed by atoms with Gasteiger partial charge in [0.2, 0.25) is 5.91 Å². The molecule has 2 aliphatic rings. The summed E-state index contributed by atoms with van der Waals surface area (Å²) in [7, 11) is 0. The summed E-state index contributed by atoms with van der Waals surface area (Å²) in [6.45, 7) is 4.05. The summed E-state index contributed by atoms with van der Waals surface area (Å²) >= 11 is 0. The predicted molar refractivity (Wildman–Crippen MR) is 70.9 cm³/mol. The summed E-state index contributed by atoms with van der Waals surface area (Å²) in [6, 6.07) is 0.199. The van der Waals surface area contributed by atoms with Gasteiger partial charge in [-0.25, -0.2) is 0 Å². The number of hydrogen-bond donors (Lipinski definition) is 2. The first-order chi connectivity index (χ1) is 8.61. The Bertz CT molecular complexity index is 288. The van der Waals surface area contributed by atoms with Crippen LogP contribution in [0.1, 0.15) is 39.0 Å². The van der Waals surface area contributed by atoms with Gasteiger partial charge in [0.15, 0.2) is 0 Å². The van der Waals surface area contributed by atoms with E-state index < -0.39 is 0 Å².